The summed E-state index contributed by atoms with van der Waals surface area (Å²) in [6.45, 7) is 7.64. The molecule has 0 bridgehead atoms. The van der Waals surface area contributed by atoms with E-state index in [1.807, 2.05) is 41.3 Å². The van der Waals surface area contributed by atoms with Gasteiger partial charge in [-0.25, -0.2) is 0 Å². The number of benzene rings is 2. The molecule has 1 saturated heterocycles. The van der Waals surface area contributed by atoms with Crippen LogP contribution in [0.4, 0.5) is 0 Å². The molecule has 4 rings (SSSR count). The van der Waals surface area contributed by atoms with Crippen LogP contribution in [0.1, 0.15) is 61.5 Å². The van der Waals surface area contributed by atoms with E-state index in [2.05, 4.69) is 26.8 Å². The van der Waals surface area contributed by atoms with Gasteiger partial charge >= 0.3 is 0 Å². The van der Waals surface area contributed by atoms with E-state index in [0.717, 1.165) is 48.4 Å². The molecule has 0 saturated carbocycles. The quantitative estimate of drug-likeness (QED) is 0.751. The molecule has 0 aromatic heterocycles. The predicted molar refractivity (Wildman–Crippen MR) is 110 cm³/mol. The Kier molecular flexibility index (Phi) is 5.05. The molecule has 0 radical (unpaired) electrons. The first-order valence-electron chi connectivity index (χ1n) is 10.3. The minimum Gasteiger partial charge on any atom is -0.485 e. The summed E-state index contributed by atoms with van der Waals surface area (Å²) >= 11 is 0. The zero-order chi connectivity index (χ0) is 19.7. The van der Waals surface area contributed by atoms with Crippen LogP contribution in [0, 0.1) is 0 Å². The molecule has 2 aromatic carbocycles. The maximum Gasteiger partial charge on any atom is 0.254 e. The zero-order valence-corrected chi connectivity index (χ0v) is 17.0. The maximum atomic E-state index is 12.8. The number of fused-ring (bicyclic) bond motifs is 1. The molecule has 2 aliphatic heterocycles. The van der Waals surface area contributed by atoms with E-state index in [-0.39, 0.29) is 11.5 Å². The molecule has 2 aromatic rings. The number of carbonyl (C=O) groups is 1. The Morgan fingerprint density at radius 3 is 2.71 bits per heavy atom. The van der Waals surface area contributed by atoms with Crippen molar-refractivity contribution in [3.8, 4) is 11.5 Å². The highest BCUT2D eigenvalue weighted by Crippen LogP contribution is 2.41. The van der Waals surface area contributed by atoms with Crippen molar-refractivity contribution >= 4 is 5.91 Å². The lowest BCUT2D eigenvalue weighted by Crippen LogP contribution is -2.42. The van der Waals surface area contributed by atoms with Crippen LogP contribution in [0.15, 0.2) is 42.5 Å². The molecule has 0 spiro atoms. The van der Waals surface area contributed by atoms with Crippen LogP contribution in [-0.4, -0.2) is 29.0 Å². The van der Waals surface area contributed by atoms with E-state index < -0.39 is 0 Å². The van der Waals surface area contributed by atoms with Gasteiger partial charge < -0.3 is 14.4 Å². The van der Waals surface area contributed by atoms with Gasteiger partial charge in [0, 0.05) is 30.1 Å². The van der Waals surface area contributed by atoms with Crippen LogP contribution in [-0.2, 0) is 13.0 Å². The fourth-order valence-corrected chi connectivity index (χ4v) is 4.17. The third kappa shape index (κ3) is 3.87. The van der Waals surface area contributed by atoms with Crippen LogP contribution >= 0.6 is 0 Å². The van der Waals surface area contributed by atoms with Crippen molar-refractivity contribution < 1.29 is 14.3 Å². The van der Waals surface area contributed by atoms with Crippen molar-refractivity contribution in [1.29, 1.82) is 0 Å². The number of amides is 1. The molecule has 1 amide bonds. The lowest BCUT2D eigenvalue weighted by atomic mass is 10.0. The topological polar surface area (TPSA) is 38.8 Å². The number of nitrogens with zero attached hydrogens (tertiary/aromatic N) is 1. The van der Waals surface area contributed by atoms with Gasteiger partial charge in [-0.05, 0) is 63.8 Å². The molecule has 2 heterocycles. The van der Waals surface area contributed by atoms with Crippen LogP contribution in [0.25, 0.3) is 0 Å². The molecule has 2 aliphatic rings. The molecular weight excluding hydrogens is 350 g/mol. The minimum atomic E-state index is -0.185. The van der Waals surface area contributed by atoms with E-state index >= 15 is 0 Å². The maximum absolute atomic E-state index is 12.8. The number of ether oxygens (including phenoxy) is 2. The summed E-state index contributed by atoms with van der Waals surface area (Å²) in [4.78, 5) is 14.8. The Labute approximate surface area is 167 Å². The molecule has 148 valence electrons. The summed E-state index contributed by atoms with van der Waals surface area (Å²) < 4.78 is 12.1. The predicted octanol–water partition coefficient (Wildman–Crippen LogP) is 4.99. The molecule has 4 heteroatoms. The number of rotatable bonds is 4. The molecular formula is C24H29NO3. The monoisotopic (exact) mass is 379 g/mol. The molecule has 0 aliphatic carbocycles. The smallest absolute Gasteiger partial charge is 0.254 e. The highest BCUT2D eigenvalue weighted by molar-refractivity contribution is 5.94. The lowest BCUT2D eigenvalue weighted by molar-refractivity contribution is 0.0635. The van der Waals surface area contributed by atoms with Gasteiger partial charge in [0.2, 0.25) is 0 Å². The van der Waals surface area contributed by atoms with Crippen molar-refractivity contribution in [1.82, 2.24) is 4.90 Å². The van der Waals surface area contributed by atoms with Crippen molar-refractivity contribution in [3.63, 3.8) is 0 Å². The van der Waals surface area contributed by atoms with Crippen LogP contribution in [0.2, 0.25) is 0 Å². The molecule has 4 nitrogen and oxygen atoms in total. The van der Waals surface area contributed by atoms with Crippen LogP contribution in [0.3, 0.4) is 0 Å². The largest absolute Gasteiger partial charge is 0.485 e. The van der Waals surface area contributed by atoms with E-state index in [1.165, 1.54) is 12.0 Å². The number of piperidine rings is 1. The molecule has 1 fully saturated rings. The molecule has 28 heavy (non-hydrogen) atoms. The van der Waals surface area contributed by atoms with Gasteiger partial charge in [-0.15, -0.1) is 0 Å². The lowest BCUT2D eigenvalue weighted by Gasteiger charge is -2.33. The summed E-state index contributed by atoms with van der Waals surface area (Å²) in [6.07, 6.45) is 4.30. The van der Waals surface area contributed by atoms with E-state index in [1.54, 1.807) is 0 Å². The Morgan fingerprint density at radius 1 is 1.18 bits per heavy atom. The highest BCUT2D eigenvalue weighted by Gasteiger charge is 2.32. The second kappa shape index (κ2) is 7.50. The van der Waals surface area contributed by atoms with Crippen molar-refractivity contribution in [2.75, 3.05) is 6.54 Å². The Morgan fingerprint density at radius 2 is 1.96 bits per heavy atom. The van der Waals surface area contributed by atoms with Gasteiger partial charge in [-0.3, -0.25) is 4.79 Å². The minimum absolute atomic E-state index is 0.135. The summed E-state index contributed by atoms with van der Waals surface area (Å²) in [5.74, 6) is 1.78. The van der Waals surface area contributed by atoms with E-state index in [4.69, 9.17) is 9.47 Å². The summed E-state index contributed by atoms with van der Waals surface area (Å²) in [5.41, 5.74) is 2.80. The number of para-hydroxylation sites is 1. The first-order valence-corrected chi connectivity index (χ1v) is 10.3. The van der Waals surface area contributed by atoms with E-state index in [0.29, 0.717) is 12.6 Å². The summed E-state index contributed by atoms with van der Waals surface area (Å²) in [7, 11) is 0. The SMILES string of the molecule is C[C@H]1CCCCN1C(=O)c1ccc(COc2cccc3c2OC(C)(C)C3)cc1. The number of likely N-dealkylation sites (tertiary alicyclic amines) is 1. The average molecular weight is 380 g/mol. The zero-order valence-electron chi connectivity index (χ0n) is 17.0. The first-order chi connectivity index (χ1) is 13.4. The highest BCUT2D eigenvalue weighted by atomic mass is 16.5. The standard InChI is InChI=1S/C24H29NO3/c1-17-7-4-5-14-25(17)23(26)19-12-10-18(11-13-19)16-27-21-9-6-8-20-15-24(2,3)28-22(20)21/h6,8-13,17H,4-5,7,14-16H2,1-3H3/t17-/m0/s1. The second-order valence-corrected chi connectivity index (χ2v) is 8.61. The molecule has 1 atom stereocenters. The third-order valence-electron chi connectivity index (χ3n) is 5.71. The van der Waals surface area contributed by atoms with Gasteiger partial charge in [-0.1, -0.05) is 24.3 Å². The van der Waals surface area contributed by atoms with Crippen molar-refractivity contribution in [2.24, 2.45) is 0 Å². The number of carbonyl (C=O) groups excluding carboxylic acids is 1. The average Bonchev–Trinajstić information content (AvgIpc) is 3.01. The molecule has 0 unspecified atom stereocenters. The normalized spacial score (nSPS) is 20.4. The Balaban J connectivity index is 1.41. The third-order valence-corrected chi connectivity index (χ3v) is 5.71. The van der Waals surface area contributed by atoms with Crippen LogP contribution < -0.4 is 9.47 Å². The van der Waals surface area contributed by atoms with Gasteiger partial charge in [0.15, 0.2) is 11.5 Å². The first kappa shape index (κ1) is 18.9. The number of hydrogen-bond acceptors (Lipinski definition) is 3. The van der Waals surface area contributed by atoms with Crippen molar-refractivity contribution in [2.45, 2.75) is 64.7 Å². The fourth-order valence-electron chi connectivity index (χ4n) is 4.17. The molecule has 0 N–H and O–H groups in total. The van der Waals surface area contributed by atoms with Gasteiger partial charge in [-0.2, -0.15) is 0 Å². The van der Waals surface area contributed by atoms with Gasteiger partial charge in [0.05, 0.1) is 0 Å². The Hall–Kier alpha value is -2.49. The van der Waals surface area contributed by atoms with Crippen LogP contribution in [0.5, 0.6) is 11.5 Å². The summed E-state index contributed by atoms with van der Waals surface area (Å²) in [6, 6.07) is 14.2. The Bertz CT molecular complexity index is 857. The van der Waals surface area contributed by atoms with Gasteiger partial charge in [0.1, 0.15) is 12.2 Å². The van der Waals surface area contributed by atoms with E-state index in [9.17, 15) is 4.79 Å². The number of hydrogen-bond donors (Lipinski definition) is 0. The fraction of sp³-hybridized carbons (Fsp3) is 0.458. The second-order valence-electron chi connectivity index (χ2n) is 8.61. The van der Waals surface area contributed by atoms with Gasteiger partial charge in [0.25, 0.3) is 5.91 Å². The summed E-state index contributed by atoms with van der Waals surface area (Å²) in [5, 5.41) is 0. The van der Waals surface area contributed by atoms with Crippen molar-refractivity contribution in [3.05, 3.63) is 59.2 Å².